The summed E-state index contributed by atoms with van der Waals surface area (Å²) in [6.45, 7) is 4.23. The molecule has 0 spiro atoms. The molecule has 0 radical (unpaired) electrons. The Labute approximate surface area is 189 Å². The van der Waals surface area contributed by atoms with Crippen LogP contribution in [0.25, 0.3) is 6.08 Å². The lowest BCUT2D eigenvalue weighted by Gasteiger charge is -2.12. The van der Waals surface area contributed by atoms with Crippen LogP contribution in [-0.4, -0.2) is 17.9 Å². The molecule has 1 heterocycles. The van der Waals surface area contributed by atoms with Gasteiger partial charge < -0.3 is 19.8 Å². The summed E-state index contributed by atoms with van der Waals surface area (Å²) in [6.07, 6.45) is 1.67. The van der Waals surface area contributed by atoms with E-state index in [4.69, 9.17) is 9.15 Å². The second-order valence-corrected chi connectivity index (χ2v) is 7.80. The molecule has 31 heavy (non-hydrogen) atoms. The maximum absolute atomic E-state index is 12.8. The van der Waals surface area contributed by atoms with E-state index >= 15 is 0 Å². The summed E-state index contributed by atoms with van der Waals surface area (Å²) in [4.78, 5) is 25.4. The Kier molecular flexibility index (Phi) is 7.67. The highest BCUT2D eigenvalue weighted by atomic mass is 79.9. The van der Waals surface area contributed by atoms with Crippen LogP contribution >= 0.6 is 15.9 Å². The Bertz CT molecular complexity index is 1060. The highest BCUT2D eigenvalue weighted by Crippen LogP contribution is 2.17. The van der Waals surface area contributed by atoms with Crippen LogP contribution in [0.2, 0.25) is 0 Å². The van der Waals surface area contributed by atoms with E-state index in [-0.39, 0.29) is 17.6 Å². The molecule has 0 atom stereocenters. The summed E-state index contributed by atoms with van der Waals surface area (Å²) >= 11 is 3.17. The lowest BCUT2D eigenvalue weighted by Crippen LogP contribution is -2.34. The van der Waals surface area contributed by atoms with Crippen molar-refractivity contribution < 1.29 is 18.7 Å². The third-order valence-corrected chi connectivity index (χ3v) is 4.57. The zero-order chi connectivity index (χ0) is 22.2. The van der Waals surface area contributed by atoms with Crippen molar-refractivity contribution in [3.05, 3.63) is 94.0 Å². The molecule has 1 aromatic heterocycles. The van der Waals surface area contributed by atoms with E-state index in [2.05, 4.69) is 26.6 Å². The van der Waals surface area contributed by atoms with E-state index in [0.717, 1.165) is 16.9 Å². The molecule has 0 fully saturated rings. The van der Waals surface area contributed by atoms with Gasteiger partial charge in [0.15, 0.2) is 10.4 Å². The molecular weight excluding hydrogens is 460 g/mol. The van der Waals surface area contributed by atoms with Gasteiger partial charge in [-0.25, -0.2) is 0 Å². The lowest BCUT2D eigenvalue weighted by atomic mass is 10.1. The van der Waals surface area contributed by atoms with Crippen molar-refractivity contribution in [1.29, 1.82) is 0 Å². The van der Waals surface area contributed by atoms with Gasteiger partial charge in [-0.2, -0.15) is 0 Å². The predicted octanol–water partition coefficient (Wildman–Crippen LogP) is 4.92. The molecule has 2 N–H and O–H groups in total. The monoisotopic (exact) mass is 482 g/mol. The Morgan fingerprint density at radius 1 is 1.03 bits per heavy atom. The number of halogens is 1. The molecule has 7 heteroatoms. The molecule has 2 amide bonds. The number of carbonyl (C=O) groups excluding carboxylic acids is 2. The van der Waals surface area contributed by atoms with Gasteiger partial charge in [0.25, 0.3) is 11.8 Å². The number of amides is 2. The van der Waals surface area contributed by atoms with Crippen LogP contribution in [0.4, 0.5) is 0 Å². The number of rotatable bonds is 8. The third-order valence-electron chi connectivity index (χ3n) is 4.15. The normalized spacial score (nSPS) is 11.3. The fourth-order valence-electron chi connectivity index (χ4n) is 2.73. The highest BCUT2D eigenvalue weighted by Gasteiger charge is 2.17. The SMILES string of the molecule is CC(C)Oc1ccc(/C=C(\NC(=O)c2ccc(Br)o2)C(=O)NCc2ccccc2)cc1. The average Bonchev–Trinajstić information content (AvgIpc) is 3.19. The highest BCUT2D eigenvalue weighted by molar-refractivity contribution is 9.10. The van der Waals surface area contributed by atoms with Crippen molar-refractivity contribution in [2.24, 2.45) is 0 Å². The molecule has 0 saturated heterocycles. The number of nitrogens with one attached hydrogen (secondary N) is 2. The number of hydrogen-bond acceptors (Lipinski definition) is 4. The fourth-order valence-corrected chi connectivity index (χ4v) is 3.04. The standard InChI is InChI=1S/C24H23BrN2O4/c1-16(2)30-19-10-8-17(9-11-19)14-20(27-24(29)21-12-13-22(25)31-21)23(28)26-15-18-6-4-3-5-7-18/h3-14,16H,15H2,1-2H3,(H,26,28)(H,27,29)/b20-14-. The summed E-state index contributed by atoms with van der Waals surface area (Å²) in [5, 5.41) is 5.47. The van der Waals surface area contributed by atoms with E-state index in [1.54, 1.807) is 12.1 Å². The maximum atomic E-state index is 12.8. The Morgan fingerprint density at radius 2 is 1.74 bits per heavy atom. The summed E-state index contributed by atoms with van der Waals surface area (Å²) in [5.74, 6) is -0.113. The van der Waals surface area contributed by atoms with E-state index in [1.807, 2.05) is 68.4 Å². The van der Waals surface area contributed by atoms with Crippen molar-refractivity contribution in [3.8, 4) is 5.75 Å². The van der Waals surface area contributed by atoms with Crippen LogP contribution in [0.15, 0.2) is 81.5 Å². The number of carbonyl (C=O) groups is 2. The van der Waals surface area contributed by atoms with Gasteiger partial charge in [-0.3, -0.25) is 9.59 Å². The Balaban J connectivity index is 1.79. The van der Waals surface area contributed by atoms with E-state index in [0.29, 0.717) is 11.2 Å². The van der Waals surface area contributed by atoms with Crippen LogP contribution in [0.5, 0.6) is 5.75 Å². The van der Waals surface area contributed by atoms with E-state index in [9.17, 15) is 9.59 Å². The molecule has 0 aliphatic carbocycles. The van der Waals surface area contributed by atoms with Gasteiger partial charge in [0, 0.05) is 6.54 Å². The minimum absolute atomic E-state index is 0.0626. The second kappa shape index (κ2) is 10.6. The molecule has 0 unspecified atom stereocenters. The van der Waals surface area contributed by atoms with Crippen molar-refractivity contribution in [3.63, 3.8) is 0 Å². The van der Waals surface area contributed by atoms with E-state index < -0.39 is 11.8 Å². The largest absolute Gasteiger partial charge is 0.491 e. The number of ether oxygens (including phenoxy) is 1. The quantitative estimate of drug-likeness (QED) is 0.446. The van der Waals surface area contributed by atoms with Crippen molar-refractivity contribution in [2.75, 3.05) is 0 Å². The van der Waals surface area contributed by atoms with Crippen LogP contribution in [0.1, 0.15) is 35.5 Å². The van der Waals surface area contributed by atoms with Crippen molar-refractivity contribution >= 4 is 33.8 Å². The first-order valence-electron chi connectivity index (χ1n) is 9.78. The molecule has 0 saturated carbocycles. The number of hydrogen-bond donors (Lipinski definition) is 2. The lowest BCUT2D eigenvalue weighted by molar-refractivity contribution is -0.117. The van der Waals surface area contributed by atoms with Crippen molar-refractivity contribution in [1.82, 2.24) is 10.6 Å². The predicted molar refractivity (Wildman–Crippen MR) is 122 cm³/mol. The summed E-state index contributed by atoms with van der Waals surface area (Å²) in [7, 11) is 0. The first-order chi connectivity index (χ1) is 14.9. The fraction of sp³-hybridized carbons (Fsp3) is 0.167. The first-order valence-corrected chi connectivity index (χ1v) is 10.6. The minimum atomic E-state index is -0.522. The molecular formula is C24H23BrN2O4. The third kappa shape index (κ3) is 6.86. The van der Waals surface area contributed by atoms with Crippen LogP contribution < -0.4 is 15.4 Å². The minimum Gasteiger partial charge on any atom is -0.491 e. The van der Waals surface area contributed by atoms with Gasteiger partial charge in [-0.15, -0.1) is 0 Å². The molecule has 160 valence electrons. The Morgan fingerprint density at radius 3 is 2.35 bits per heavy atom. The molecule has 3 aromatic rings. The average molecular weight is 483 g/mol. The smallest absolute Gasteiger partial charge is 0.291 e. The van der Waals surface area contributed by atoms with Crippen LogP contribution in [0.3, 0.4) is 0 Å². The van der Waals surface area contributed by atoms with Gasteiger partial charge in [0.1, 0.15) is 11.4 Å². The van der Waals surface area contributed by atoms with Crippen LogP contribution in [0, 0.1) is 0 Å². The van der Waals surface area contributed by atoms with Crippen molar-refractivity contribution in [2.45, 2.75) is 26.5 Å². The molecule has 6 nitrogen and oxygen atoms in total. The summed E-state index contributed by atoms with van der Waals surface area (Å²) < 4.78 is 11.4. The van der Waals surface area contributed by atoms with Crippen LogP contribution in [-0.2, 0) is 11.3 Å². The first kappa shape index (κ1) is 22.4. The Hall–Kier alpha value is -3.32. The summed E-state index contributed by atoms with van der Waals surface area (Å²) in [6, 6.07) is 19.9. The summed E-state index contributed by atoms with van der Waals surface area (Å²) in [5.41, 5.74) is 1.79. The van der Waals surface area contributed by atoms with Gasteiger partial charge >= 0.3 is 0 Å². The molecule has 0 aliphatic heterocycles. The molecule has 0 bridgehead atoms. The molecule has 3 rings (SSSR count). The molecule has 2 aromatic carbocycles. The van der Waals surface area contributed by atoms with E-state index in [1.165, 1.54) is 6.07 Å². The number of benzene rings is 2. The second-order valence-electron chi connectivity index (χ2n) is 7.02. The molecule has 0 aliphatic rings. The van der Waals surface area contributed by atoms with Gasteiger partial charge in [0.05, 0.1) is 6.10 Å². The maximum Gasteiger partial charge on any atom is 0.291 e. The zero-order valence-electron chi connectivity index (χ0n) is 17.2. The zero-order valence-corrected chi connectivity index (χ0v) is 18.8. The topological polar surface area (TPSA) is 80.6 Å². The van der Waals surface area contributed by atoms with Gasteiger partial charge in [-0.1, -0.05) is 42.5 Å². The van der Waals surface area contributed by atoms with Gasteiger partial charge in [-0.05, 0) is 71.2 Å². The number of furan rings is 1. The van der Waals surface area contributed by atoms with Gasteiger partial charge in [0.2, 0.25) is 0 Å².